The maximum Gasteiger partial charge on any atom is 0.0436 e. The Kier molecular flexibility index (Phi) is 3.02. The van der Waals surface area contributed by atoms with Crippen molar-refractivity contribution in [3.05, 3.63) is 0 Å². The van der Waals surface area contributed by atoms with E-state index in [9.17, 15) is 0 Å². The molecule has 0 atom stereocenters. The highest BCUT2D eigenvalue weighted by atomic mass is 16.3. The highest BCUT2D eigenvalue weighted by molar-refractivity contribution is 4.94. The molecule has 0 aromatic carbocycles. The van der Waals surface area contributed by atoms with Crippen LogP contribution < -0.4 is 0 Å². The van der Waals surface area contributed by atoms with Gasteiger partial charge in [-0.15, -0.1) is 0 Å². The Morgan fingerprint density at radius 3 is 1.64 bits per heavy atom. The van der Waals surface area contributed by atoms with Gasteiger partial charge in [0.25, 0.3) is 0 Å². The summed E-state index contributed by atoms with van der Waals surface area (Å²) in [7, 11) is 0. The van der Waals surface area contributed by atoms with Crippen molar-refractivity contribution in [2.45, 2.75) is 60.3 Å². The molecule has 1 N–H and O–H groups in total. The zero-order valence-electron chi connectivity index (χ0n) is 10.5. The van der Waals surface area contributed by atoms with Gasteiger partial charge in [0.2, 0.25) is 0 Å². The third-order valence-corrected chi connectivity index (χ3v) is 3.48. The van der Waals surface area contributed by atoms with Crippen molar-refractivity contribution in [2.75, 3.05) is 6.61 Å². The summed E-state index contributed by atoms with van der Waals surface area (Å²) in [5, 5.41) is 9.12. The molecule has 0 bridgehead atoms. The van der Waals surface area contributed by atoms with Gasteiger partial charge in [0.1, 0.15) is 0 Å². The molecular formula is C13H26O. The average molecular weight is 198 g/mol. The fourth-order valence-electron chi connectivity index (χ4n) is 4.24. The predicted molar refractivity (Wildman–Crippen MR) is 61.2 cm³/mol. The van der Waals surface area contributed by atoms with Crippen molar-refractivity contribution in [1.29, 1.82) is 0 Å². The lowest BCUT2D eigenvalue weighted by Crippen LogP contribution is -2.40. The Labute approximate surface area is 88.9 Å². The molecule has 0 aromatic heterocycles. The van der Waals surface area contributed by atoms with Gasteiger partial charge in [0, 0.05) is 6.61 Å². The first-order chi connectivity index (χ1) is 6.18. The molecular weight excluding hydrogens is 172 g/mol. The molecule has 0 aliphatic heterocycles. The normalized spacial score (nSPS) is 28.7. The SMILES string of the molecule is CC1(C)CC(C)(C)CC(C)(CCO)C1. The van der Waals surface area contributed by atoms with Gasteiger partial charge in [0.05, 0.1) is 0 Å². The van der Waals surface area contributed by atoms with Crippen molar-refractivity contribution in [3.8, 4) is 0 Å². The van der Waals surface area contributed by atoms with Gasteiger partial charge in [-0.25, -0.2) is 0 Å². The van der Waals surface area contributed by atoms with Crippen LogP contribution in [0.3, 0.4) is 0 Å². The zero-order chi connectivity index (χ0) is 11.0. The summed E-state index contributed by atoms with van der Waals surface area (Å²) in [6, 6.07) is 0. The molecule has 1 nitrogen and oxygen atoms in total. The van der Waals surface area contributed by atoms with Crippen LogP contribution in [0.1, 0.15) is 60.3 Å². The maximum atomic E-state index is 9.12. The van der Waals surface area contributed by atoms with E-state index in [4.69, 9.17) is 5.11 Å². The lowest BCUT2D eigenvalue weighted by atomic mass is 9.55. The molecule has 0 unspecified atom stereocenters. The van der Waals surface area contributed by atoms with Crippen LogP contribution in [0.4, 0.5) is 0 Å². The third-order valence-electron chi connectivity index (χ3n) is 3.48. The molecule has 0 heterocycles. The van der Waals surface area contributed by atoms with Crippen molar-refractivity contribution in [2.24, 2.45) is 16.2 Å². The Morgan fingerprint density at radius 2 is 1.29 bits per heavy atom. The second-order valence-electron chi connectivity index (χ2n) is 7.14. The van der Waals surface area contributed by atoms with E-state index in [-0.39, 0.29) is 0 Å². The largest absolute Gasteiger partial charge is 0.396 e. The molecule has 0 amide bonds. The molecule has 0 saturated heterocycles. The molecule has 1 rings (SSSR count). The van der Waals surface area contributed by atoms with Gasteiger partial charge in [0.15, 0.2) is 0 Å². The number of hydrogen-bond acceptors (Lipinski definition) is 1. The van der Waals surface area contributed by atoms with Crippen LogP contribution in [-0.2, 0) is 0 Å². The molecule has 1 saturated carbocycles. The van der Waals surface area contributed by atoms with Gasteiger partial charge in [-0.3, -0.25) is 0 Å². The zero-order valence-corrected chi connectivity index (χ0v) is 10.5. The third kappa shape index (κ3) is 2.98. The topological polar surface area (TPSA) is 20.2 Å². The Hall–Kier alpha value is -0.0400. The minimum absolute atomic E-state index is 0.336. The smallest absolute Gasteiger partial charge is 0.0436 e. The van der Waals surface area contributed by atoms with Crippen molar-refractivity contribution >= 4 is 0 Å². The second-order valence-corrected chi connectivity index (χ2v) is 7.14. The summed E-state index contributed by atoms with van der Waals surface area (Å²) in [5.74, 6) is 0. The van der Waals surface area contributed by atoms with Gasteiger partial charge in [-0.05, 0) is 41.9 Å². The fraction of sp³-hybridized carbons (Fsp3) is 1.00. The Balaban J connectivity index is 2.80. The molecule has 0 aromatic rings. The van der Waals surface area contributed by atoms with Crippen LogP contribution in [0.25, 0.3) is 0 Å². The van der Waals surface area contributed by atoms with E-state index in [2.05, 4.69) is 34.6 Å². The lowest BCUT2D eigenvalue weighted by Gasteiger charge is -2.50. The minimum Gasteiger partial charge on any atom is -0.396 e. The number of rotatable bonds is 2. The van der Waals surface area contributed by atoms with Gasteiger partial charge < -0.3 is 5.11 Å². The van der Waals surface area contributed by atoms with Crippen LogP contribution in [0.2, 0.25) is 0 Å². The minimum atomic E-state index is 0.336. The highest BCUT2D eigenvalue weighted by Gasteiger charge is 2.44. The van der Waals surface area contributed by atoms with Crippen molar-refractivity contribution in [1.82, 2.24) is 0 Å². The van der Waals surface area contributed by atoms with Gasteiger partial charge in [-0.2, -0.15) is 0 Å². The summed E-state index contributed by atoms with van der Waals surface area (Å²) >= 11 is 0. The Morgan fingerprint density at radius 1 is 0.857 bits per heavy atom. The standard InChI is InChI=1S/C13H26O/c1-11(2)8-12(3,4)10-13(5,9-11)6-7-14/h14H,6-10H2,1-5H3. The van der Waals surface area contributed by atoms with Crippen LogP contribution in [0.5, 0.6) is 0 Å². The van der Waals surface area contributed by atoms with E-state index in [1.165, 1.54) is 19.3 Å². The maximum absolute atomic E-state index is 9.12. The van der Waals surface area contributed by atoms with Crippen LogP contribution in [0.15, 0.2) is 0 Å². The first-order valence-electron chi connectivity index (χ1n) is 5.79. The van der Waals surface area contributed by atoms with E-state index in [0.717, 1.165) is 6.42 Å². The molecule has 1 heteroatoms. The number of aliphatic hydroxyl groups is 1. The van der Waals surface area contributed by atoms with Gasteiger partial charge in [-0.1, -0.05) is 34.6 Å². The van der Waals surface area contributed by atoms with Gasteiger partial charge >= 0.3 is 0 Å². The molecule has 0 spiro atoms. The van der Waals surface area contributed by atoms with E-state index in [0.29, 0.717) is 22.9 Å². The Bertz CT molecular complexity index is 187. The monoisotopic (exact) mass is 198 g/mol. The summed E-state index contributed by atoms with van der Waals surface area (Å²) in [6.07, 6.45) is 4.77. The van der Waals surface area contributed by atoms with E-state index >= 15 is 0 Å². The molecule has 14 heavy (non-hydrogen) atoms. The van der Waals surface area contributed by atoms with Crippen LogP contribution in [-0.4, -0.2) is 11.7 Å². The molecule has 1 fully saturated rings. The molecule has 84 valence electrons. The second kappa shape index (κ2) is 3.52. The van der Waals surface area contributed by atoms with Crippen LogP contribution in [0, 0.1) is 16.2 Å². The summed E-state index contributed by atoms with van der Waals surface area (Å²) < 4.78 is 0. The van der Waals surface area contributed by atoms with Crippen molar-refractivity contribution < 1.29 is 5.11 Å². The summed E-state index contributed by atoms with van der Waals surface area (Å²) in [4.78, 5) is 0. The highest BCUT2D eigenvalue weighted by Crippen LogP contribution is 2.55. The van der Waals surface area contributed by atoms with Crippen LogP contribution >= 0.6 is 0 Å². The van der Waals surface area contributed by atoms with E-state index < -0.39 is 0 Å². The first kappa shape index (κ1) is 12.0. The number of hydrogen-bond donors (Lipinski definition) is 1. The lowest BCUT2D eigenvalue weighted by molar-refractivity contribution is -0.00482. The molecule has 1 aliphatic carbocycles. The first-order valence-corrected chi connectivity index (χ1v) is 5.79. The number of aliphatic hydroxyl groups excluding tert-OH is 1. The van der Waals surface area contributed by atoms with E-state index in [1.807, 2.05) is 0 Å². The summed E-state index contributed by atoms with van der Waals surface area (Å²) in [6.45, 7) is 12.1. The quantitative estimate of drug-likeness (QED) is 0.718. The van der Waals surface area contributed by atoms with Crippen molar-refractivity contribution in [3.63, 3.8) is 0 Å². The summed E-state index contributed by atoms with van der Waals surface area (Å²) in [5.41, 5.74) is 1.22. The predicted octanol–water partition coefficient (Wildman–Crippen LogP) is 3.61. The fourth-order valence-corrected chi connectivity index (χ4v) is 4.24. The molecule has 1 aliphatic rings. The average Bonchev–Trinajstić information content (AvgIpc) is 1.75. The molecule has 0 radical (unpaired) electrons. The van der Waals surface area contributed by atoms with E-state index in [1.54, 1.807) is 0 Å².